The summed E-state index contributed by atoms with van der Waals surface area (Å²) in [5, 5.41) is 0. The average molecular weight is 470 g/mol. The van der Waals surface area contributed by atoms with Gasteiger partial charge in [0.2, 0.25) is 11.8 Å². The summed E-state index contributed by atoms with van der Waals surface area (Å²) >= 11 is 0. The van der Waals surface area contributed by atoms with E-state index in [1.807, 2.05) is 12.1 Å². The second kappa shape index (κ2) is 7.38. The third kappa shape index (κ3) is 4.11. The van der Waals surface area contributed by atoms with Crippen molar-refractivity contribution in [2.45, 2.75) is 69.0 Å². The maximum Gasteiger partial charge on any atom is 0.394 e. The van der Waals surface area contributed by atoms with Gasteiger partial charge in [0.1, 0.15) is 5.82 Å². The van der Waals surface area contributed by atoms with Crippen LogP contribution in [0, 0.1) is 23.2 Å². The lowest BCUT2D eigenvalue weighted by molar-refractivity contribution is -0.190. The van der Waals surface area contributed by atoms with Crippen molar-refractivity contribution >= 4 is 16.9 Å². The van der Waals surface area contributed by atoms with Crippen molar-refractivity contribution in [1.82, 2.24) is 9.97 Å². The number of carbonyl (C=O) groups is 1. The molecule has 0 bridgehead atoms. The van der Waals surface area contributed by atoms with E-state index in [1.165, 1.54) is 0 Å². The fourth-order valence-electron chi connectivity index (χ4n) is 5.59. The molecule has 180 valence electrons. The highest BCUT2D eigenvalue weighted by molar-refractivity contribution is 5.80. The van der Waals surface area contributed by atoms with Gasteiger partial charge in [-0.25, -0.2) is 13.8 Å². The predicted octanol–water partition coefficient (Wildman–Crippen LogP) is 4.94. The van der Waals surface area contributed by atoms with Gasteiger partial charge in [0.05, 0.1) is 22.5 Å². The zero-order chi connectivity index (χ0) is 23.8. The largest absolute Gasteiger partial charge is 0.394 e. The summed E-state index contributed by atoms with van der Waals surface area (Å²) in [6, 6.07) is 4.47. The quantitative estimate of drug-likeness (QED) is 0.477. The standard InChI is InChI=1S/C23H27F5N4O/c24-22(25)8-13(9-22)18(19(30)33)17(11-1-2-11)12-3-4-15-16(7-12)32-20(31-15)14(29)10-21(5-6-21)23(26,27)28/h3-4,7,11,13-14,17-18H,1-2,5-6,8-10,29H2,(H2,30,33)(H,31,32)/t14-,17-,18?/m0/s1. The van der Waals surface area contributed by atoms with Gasteiger partial charge in [-0.1, -0.05) is 6.07 Å². The topological polar surface area (TPSA) is 97.8 Å². The Hall–Kier alpha value is -2.23. The number of carbonyl (C=O) groups excluding carboxylic acids is 1. The minimum Gasteiger partial charge on any atom is -0.369 e. The molecule has 2 aromatic rings. The highest BCUT2D eigenvalue weighted by Gasteiger charge is 2.63. The molecule has 1 amide bonds. The van der Waals surface area contributed by atoms with Crippen LogP contribution in [0.3, 0.4) is 0 Å². The van der Waals surface area contributed by atoms with E-state index < -0.39 is 41.3 Å². The van der Waals surface area contributed by atoms with Crippen molar-refractivity contribution in [1.29, 1.82) is 0 Å². The van der Waals surface area contributed by atoms with Crippen LogP contribution in [0.15, 0.2) is 18.2 Å². The molecular formula is C23H27F5N4O. The molecule has 3 atom stereocenters. The van der Waals surface area contributed by atoms with Crippen LogP contribution in [-0.2, 0) is 4.79 Å². The van der Waals surface area contributed by atoms with Gasteiger partial charge in [-0.2, -0.15) is 13.2 Å². The molecule has 1 heterocycles. The van der Waals surface area contributed by atoms with E-state index in [-0.39, 0.29) is 49.8 Å². The van der Waals surface area contributed by atoms with Gasteiger partial charge in [-0.15, -0.1) is 0 Å². The average Bonchev–Trinajstić information content (AvgIpc) is 3.61. The molecule has 1 aromatic carbocycles. The Balaban J connectivity index is 1.41. The molecular weight excluding hydrogens is 443 g/mol. The van der Waals surface area contributed by atoms with Crippen molar-refractivity contribution in [3.63, 3.8) is 0 Å². The Bertz CT molecular complexity index is 1060. The normalized spacial score (nSPS) is 24.8. The predicted molar refractivity (Wildman–Crippen MR) is 111 cm³/mol. The summed E-state index contributed by atoms with van der Waals surface area (Å²) < 4.78 is 67.0. The van der Waals surface area contributed by atoms with E-state index in [9.17, 15) is 26.7 Å². The van der Waals surface area contributed by atoms with Gasteiger partial charge >= 0.3 is 6.18 Å². The number of amides is 1. The molecule has 0 radical (unpaired) electrons. The summed E-state index contributed by atoms with van der Waals surface area (Å²) in [6.45, 7) is 0. The number of halogens is 5. The minimum absolute atomic E-state index is 0.0758. The molecule has 1 unspecified atom stereocenters. The van der Waals surface area contributed by atoms with Crippen LogP contribution in [0.5, 0.6) is 0 Å². The highest BCUT2D eigenvalue weighted by atomic mass is 19.4. The number of H-pyrrole nitrogens is 1. The van der Waals surface area contributed by atoms with E-state index in [0.717, 1.165) is 18.4 Å². The van der Waals surface area contributed by atoms with Gasteiger partial charge in [0.25, 0.3) is 0 Å². The molecule has 0 aliphatic heterocycles. The molecule has 5 N–H and O–H groups in total. The van der Waals surface area contributed by atoms with E-state index >= 15 is 0 Å². The lowest BCUT2D eigenvalue weighted by atomic mass is 9.65. The molecule has 5 rings (SSSR count). The van der Waals surface area contributed by atoms with Crippen LogP contribution >= 0.6 is 0 Å². The molecule has 1 aromatic heterocycles. The molecule has 0 spiro atoms. The van der Waals surface area contributed by atoms with E-state index in [2.05, 4.69) is 9.97 Å². The molecule has 33 heavy (non-hydrogen) atoms. The second-order valence-electron chi connectivity index (χ2n) is 10.3. The summed E-state index contributed by atoms with van der Waals surface area (Å²) in [5.74, 6) is -4.25. The number of hydrogen-bond acceptors (Lipinski definition) is 3. The summed E-state index contributed by atoms with van der Waals surface area (Å²) in [4.78, 5) is 19.8. The monoisotopic (exact) mass is 470 g/mol. The Morgan fingerprint density at radius 3 is 2.36 bits per heavy atom. The van der Waals surface area contributed by atoms with Crippen molar-refractivity contribution in [3.05, 3.63) is 29.6 Å². The van der Waals surface area contributed by atoms with Crippen molar-refractivity contribution in [2.75, 3.05) is 0 Å². The van der Waals surface area contributed by atoms with Gasteiger partial charge in [0, 0.05) is 18.8 Å². The van der Waals surface area contributed by atoms with Crippen molar-refractivity contribution in [3.8, 4) is 0 Å². The molecule has 3 aliphatic carbocycles. The summed E-state index contributed by atoms with van der Waals surface area (Å²) in [6.07, 6.45) is -3.25. The first kappa shape index (κ1) is 22.6. The first-order valence-electron chi connectivity index (χ1n) is 11.4. The van der Waals surface area contributed by atoms with E-state index in [4.69, 9.17) is 11.5 Å². The Kier molecular flexibility index (Phi) is 5.05. The van der Waals surface area contributed by atoms with Crippen molar-refractivity contribution in [2.24, 2.45) is 34.6 Å². The van der Waals surface area contributed by atoms with Crippen LogP contribution in [-0.4, -0.2) is 28.0 Å². The maximum atomic E-state index is 13.5. The number of primary amides is 1. The number of hydrogen-bond donors (Lipinski definition) is 3. The van der Waals surface area contributed by atoms with Crippen LogP contribution in [0.1, 0.15) is 68.3 Å². The molecule has 5 nitrogen and oxygen atoms in total. The number of benzene rings is 1. The SMILES string of the molecule is NC(=O)C(C1CC(F)(F)C1)[C@H](c1ccc2nc([C@@H](N)CC3(C(F)(F)F)CC3)[nH]c2c1)C1CC1. The Labute approximate surface area is 187 Å². The number of rotatable bonds is 8. The molecule has 10 heteroatoms. The van der Waals surface area contributed by atoms with Crippen LogP contribution in [0.4, 0.5) is 22.0 Å². The number of aromatic amines is 1. The van der Waals surface area contributed by atoms with Gasteiger partial charge < -0.3 is 16.5 Å². The van der Waals surface area contributed by atoms with Crippen LogP contribution in [0.2, 0.25) is 0 Å². The third-order valence-corrected chi connectivity index (χ3v) is 7.80. The van der Waals surface area contributed by atoms with Crippen LogP contribution in [0.25, 0.3) is 11.0 Å². The number of alkyl halides is 5. The highest BCUT2D eigenvalue weighted by Crippen LogP contribution is 2.61. The van der Waals surface area contributed by atoms with Crippen molar-refractivity contribution < 1.29 is 26.7 Å². The lowest BCUT2D eigenvalue weighted by Crippen LogP contribution is -2.46. The first-order valence-corrected chi connectivity index (χ1v) is 11.4. The number of nitrogens with one attached hydrogen (secondary N) is 1. The molecule has 3 fully saturated rings. The van der Waals surface area contributed by atoms with Crippen LogP contribution < -0.4 is 11.5 Å². The van der Waals surface area contributed by atoms with E-state index in [1.54, 1.807) is 6.07 Å². The fourth-order valence-corrected chi connectivity index (χ4v) is 5.59. The number of nitrogens with two attached hydrogens (primary N) is 2. The Morgan fingerprint density at radius 2 is 1.85 bits per heavy atom. The Morgan fingerprint density at radius 1 is 1.18 bits per heavy atom. The molecule has 0 saturated heterocycles. The maximum absolute atomic E-state index is 13.5. The number of imidazole rings is 1. The third-order valence-electron chi connectivity index (χ3n) is 7.80. The number of fused-ring (bicyclic) bond motifs is 1. The lowest BCUT2D eigenvalue weighted by Gasteiger charge is -2.42. The summed E-state index contributed by atoms with van der Waals surface area (Å²) in [7, 11) is 0. The first-order chi connectivity index (χ1) is 15.4. The van der Waals surface area contributed by atoms with Gasteiger partial charge in [-0.05, 0) is 67.6 Å². The van der Waals surface area contributed by atoms with Gasteiger partial charge in [0.15, 0.2) is 0 Å². The minimum atomic E-state index is -4.29. The molecule has 3 aliphatic rings. The van der Waals surface area contributed by atoms with E-state index in [0.29, 0.717) is 11.0 Å². The summed E-state index contributed by atoms with van der Waals surface area (Å²) in [5.41, 5.74) is 12.0. The second-order valence-corrected chi connectivity index (χ2v) is 10.3. The molecule has 3 saturated carbocycles. The zero-order valence-electron chi connectivity index (χ0n) is 18.0. The van der Waals surface area contributed by atoms with Gasteiger partial charge in [-0.3, -0.25) is 4.79 Å². The number of nitrogens with zero attached hydrogens (tertiary/aromatic N) is 1. The zero-order valence-corrected chi connectivity index (χ0v) is 18.0. The smallest absolute Gasteiger partial charge is 0.369 e. The fraction of sp³-hybridized carbons (Fsp3) is 0.652. The number of aromatic nitrogens is 2.